The zero-order valence-electron chi connectivity index (χ0n) is 14.2. The minimum Gasteiger partial charge on any atom is -0.457 e. The van der Waals surface area contributed by atoms with Crippen LogP contribution in [0.1, 0.15) is 35.2 Å². The molecule has 2 aromatic carbocycles. The second kappa shape index (κ2) is 8.20. The van der Waals surface area contributed by atoms with Crippen LogP contribution in [0.3, 0.4) is 0 Å². The Morgan fingerprint density at radius 2 is 1.73 bits per heavy atom. The molecule has 26 heavy (non-hydrogen) atoms. The molecule has 138 valence electrons. The van der Waals surface area contributed by atoms with Gasteiger partial charge in [0.25, 0.3) is 0 Å². The van der Waals surface area contributed by atoms with Crippen molar-refractivity contribution in [2.24, 2.45) is 0 Å². The molecule has 0 spiro atoms. The fourth-order valence-corrected chi connectivity index (χ4v) is 4.90. The van der Waals surface area contributed by atoms with Crippen molar-refractivity contribution in [3.05, 3.63) is 64.7 Å². The minimum atomic E-state index is -3.72. The molecule has 0 saturated carbocycles. The third kappa shape index (κ3) is 4.26. The molecule has 7 heteroatoms. The van der Waals surface area contributed by atoms with E-state index < -0.39 is 16.0 Å². The third-order valence-corrected chi connectivity index (χ3v) is 6.69. The SMILES string of the molecule is O=C(OCc1ccccc1)c1ccc(Cl)c(S(=O)(=O)N2CCCCC2)c1. The Labute approximate surface area is 158 Å². The number of ether oxygens (including phenoxy) is 1. The van der Waals surface area contributed by atoms with Crippen LogP contribution in [0.4, 0.5) is 0 Å². The molecule has 1 aliphatic heterocycles. The number of hydrogen-bond acceptors (Lipinski definition) is 4. The van der Waals surface area contributed by atoms with Crippen LogP contribution in [0.5, 0.6) is 0 Å². The molecular weight excluding hydrogens is 374 g/mol. The number of hydrogen-bond donors (Lipinski definition) is 0. The average Bonchev–Trinajstić information content (AvgIpc) is 2.68. The first-order valence-electron chi connectivity index (χ1n) is 8.49. The highest BCUT2D eigenvalue weighted by atomic mass is 35.5. The standard InChI is InChI=1S/C19H20ClNO4S/c20-17-10-9-16(19(22)25-14-15-7-3-1-4-8-15)13-18(17)26(23,24)21-11-5-2-6-12-21/h1,3-4,7-10,13H,2,5-6,11-12,14H2. The summed E-state index contributed by atoms with van der Waals surface area (Å²) >= 11 is 6.12. The number of piperidine rings is 1. The monoisotopic (exact) mass is 393 g/mol. The zero-order valence-corrected chi connectivity index (χ0v) is 15.8. The van der Waals surface area contributed by atoms with Gasteiger partial charge in [-0.3, -0.25) is 0 Å². The normalized spacial score (nSPS) is 15.6. The van der Waals surface area contributed by atoms with Crippen LogP contribution in [0, 0.1) is 0 Å². The maximum atomic E-state index is 12.9. The number of benzene rings is 2. The first-order valence-corrected chi connectivity index (χ1v) is 10.3. The highest BCUT2D eigenvalue weighted by molar-refractivity contribution is 7.89. The number of carbonyl (C=O) groups excluding carboxylic acids is 1. The number of esters is 1. The van der Waals surface area contributed by atoms with Crippen molar-refractivity contribution in [2.75, 3.05) is 13.1 Å². The molecule has 0 amide bonds. The Hall–Kier alpha value is -1.89. The molecule has 0 N–H and O–H groups in total. The summed E-state index contributed by atoms with van der Waals surface area (Å²) in [5, 5.41) is 0.107. The van der Waals surface area contributed by atoms with Crippen LogP contribution in [0.15, 0.2) is 53.4 Å². The first kappa shape index (κ1) is 18.9. The van der Waals surface area contributed by atoms with Gasteiger partial charge in [0.15, 0.2) is 0 Å². The smallest absolute Gasteiger partial charge is 0.338 e. The van der Waals surface area contributed by atoms with Gasteiger partial charge in [0.05, 0.1) is 10.6 Å². The Morgan fingerprint density at radius 3 is 2.42 bits per heavy atom. The highest BCUT2D eigenvalue weighted by Crippen LogP contribution is 2.28. The number of rotatable bonds is 5. The van der Waals surface area contributed by atoms with Crippen molar-refractivity contribution in [1.29, 1.82) is 0 Å². The van der Waals surface area contributed by atoms with Gasteiger partial charge in [-0.1, -0.05) is 48.4 Å². The minimum absolute atomic E-state index is 0.0461. The van der Waals surface area contributed by atoms with Crippen molar-refractivity contribution in [3.63, 3.8) is 0 Å². The Balaban J connectivity index is 1.79. The van der Waals surface area contributed by atoms with Gasteiger partial charge in [0, 0.05) is 13.1 Å². The van der Waals surface area contributed by atoms with Gasteiger partial charge in [0.2, 0.25) is 10.0 Å². The van der Waals surface area contributed by atoms with E-state index in [1.165, 1.54) is 22.5 Å². The molecule has 1 aliphatic rings. The van der Waals surface area contributed by atoms with Crippen molar-refractivity contribution in [1.82, 2.24) is 4.31 Å². The maximum absolute atomic E-state index is 12.9. The molecule has 0 unspecified atom stereocenters. The molecule has 0 radical (unpaired) electrons. The average molecular weight is 394 g/mol. The van der Waals surface area contributed by atoms with Crippen molar-refractivity contribution in [2.45, 2.75) is 30.8 Å². The lowest BCUT2D eigenvalue weighted by molar-refractivity contribution is 0.0472. The number of sulfonamides is 1. The summed E-state index contributed by atoms with van der Waals surface area (Å²) in [6, 6.07) is 13.5. The van der Waals surface area contributed by atoms with Gasteiger partial charge < -0.3 is 4.74 Å². The molecule has 0 aromatic heterocycles. The van der Waals surface area contributed by atoms with Gasteiger partial charge in [0.1, 0.15) is 11.5 Å². The third-order valence-electron chi connectivity index (χ3n) is 4.31. The zero-order chi connectivity index (χ0) is 18.6. The van der Waals surface area contributed by atoms with E-state index >= 15 is 0 Å². The molecule has 0 bridgehead atoms. The predicted octanol–water partition coefficient (Wildman–Crippen LogP) is 3.87. The summed E-state index contributed by atoms with van der Waals surface area (Å²) < 4.78 is 32.4. The Morgan fingerprint density at radius 1 is 1.04 bits per heavy atom. The van der Waals surface area contributed by atoms with Crippen LogP contribution < -0.4 is 0 Å². The van der Waals surface area contributed by atoms with Gasteiger partial charge in [-0.05, 0) is 36.6 Å². The molecular formula is C19H20ClNO4S. The summed E-state index contributed by atoms with van der Waals surface area (Å²) in [6.45, 7) is 1.07. The first-order chi connectivity index (χ1) is 12.5. The topological polar surface area (TPSA) is 63.7 Å². The molecule has 3 rings (SSSR count). The van der Waals surface area contributed by atoms with E-state index in [2.05, 4.69) is 0 Å². The van der Waals surface area contributed by atoms with Crippen molar-refractivity contribution < 1.29 is 17.9 Å². The summed E-state index contributed by atoms with van der Waals surface area (Å²) in [6.07, 6.45) is 2.68. The fourth-order valence-electron chi connectivity index (χ4n) is 2.88. The van der Waals surface area contributed by atoms with Gasteiger partial charge in [-0.25, -0.2) is 13.2 Å². The summed E-state index contributed by atoms with van der Waals surface area (Å²) in [5.74, 6) is -0.583. The van der Waals surface area contributed by atoms with E-state index in [1.54, 1.807) is 0 Å². The van der Waals surface area contributed by atoms with E-state index in [0.29, 0.717) is 13.1 Å². The van der Waals surface area contributed by atoms with E-state index in [-0.39, 0.29) is 22.1 Å². The molecule has 1 fully saturated rings. The van der Waals surface area contributed by atoms with Gasteiger partial charge >= 0.3 is 5.97 Å². The summed E-state index contributed by atoms with van der Waals surface area (Å²) in [5.41, 5.74) is 1.02. The van der Waals surface area contributed by atoms with E-state index in [9.17, 15) is 13.2 Å². The largest absolute Gasteiger partial charge is 0.457 e. The van der Waals surface area contributed by atoms with Crippen molar-refractivity contribution >= 4 is 27.6 Å². The molecule has 1 saturated heterocycles. The van der Waals surface area contributed by atoms with E-state index in [1.807, 2.05) is 30.3 Å². The Bertz CT molecular complexity index is 878. The second-order valence-electron chi connectivity index (χ2n) is 6.17. The molecule has 1 heterocycles. The fraction of sp³-hybridized carbons (Fsp3) is 0.316. The highest BCUT2D eigenvalue weighted by Gasteiger charge is 2.28. The lowest BCUT2D eigenvalue weighted by Gasteiger charge is -2.26. The number of nitrogens with zero attached hydrogens (tertiary/aromatic N) is 1. The quantitative estimate of drug-likeness (QED) is 0.723. The maximum Gasteiger partial charge on any atom is 0.338 e. The van der Waals surface area contributed by atoms with E-state index in [4.69, 9.17) is 16.3 Å². The van der Waals surface area contributed by atoms with Crippen LogP contribution >= 0.6 is 11.6 Å². The van der Waals surface area contributed by atoms with E-state index in [0.717, 1.165) is 24.8 Å². The van der Waals surface area contributed by atoms with Gasteiger partial charge in [-0.2, -0.15) is 4.31 Å². The van der Waals surface area contributed by atoms with Crippen LogP contribution in [0.2, 0.25) is 5.02 Å². The number of halogens is 1. The predicted molar refractivity (Wildman–Crippen MR) is 99.6 cm³/mol. The lowest BCUT2D eigenvalue weighted by Crippen LogP contribution is -2.35. The van der Waals surface area contributed by atoms with Crippen molar-refractivity contribution in [3.8, 4) is 0 Å². The summed E-state index contributed by atoms with van der Waals surface area (Å²) in [4.78, 5) is 12.3. The second-order valence-corrected chi connectivity index (χ2v) is 8.49. The van der Waals surface area contributed by atoms with Crippen LogP contribution in [0.25, 0.3) is 0 Å². The molecule has 0 aliphatic carbocycles. The molecule has 2 aromatic rings. The van der Waals surface area contributed by atoms with Gasteiger partial charge in [-0.15, -0.1) is 0 Å². The molecule has 5 nitrogen and oxygen atoms in total. The number of carbonyl (C=O) groups is 1. The van der Waals surface area contributed by atoms with Crippen LogP contribution in [-0.2, 0) is 21.4 Å². The Kier molecular flexibility index (Phi) is 5.96. The van der Waals surface area contributed by atoms with Crippen LogP contribution in [-0.4, -0.2) is 31.8 Å². The summed E-state index contributed by atoms with van der Waals surface area (Å²) in [7, 11) is -3.72. The molecule has 0 atom stereocenters. The lowest BCUT2D eigenvalue weighted by atomic mass is 10.2.